The lowest BCUT2D eigenvalue weighted by atomic mass is 10.3. The first-order valence-corrected chi connectivity index (χ1v) is 5.65. The normalized spacial score (nSPS) is 11.4. The molecule has 0 saturated heterocycles. The molecule has 0 aliphatic heterocycles. The van der Waals surface area contributed by atoms with E-state index < -0.39 is 0 Å². The molecule has 0 amide bonds. The van der Waals surface area contributed by atoms with Gasteiger partial charge in [-0.2, -0.15) is 0 Å². The number of guanidine groups is 1. The lowest BCUT2D eigenvalue weighted by Gasteiger charge is -2.09. The summed E-state index contributed by atoms with van der Waals surface area (Å²) in [6.45, 7) is 2.73. The Morgan fingerprint density at radius 1 is 1.31 bits per heavy atom. The maximum atomic E-state index is 5.87. The average Bonchev–Trinajstić information content (AvgIpc) is 2.22. The first-order valence-electron chi connectivity index (χ1n) is 4.90. The number of nitrogens with one attached hydrogen (secondary N) is 2. The van der Waals surface area contributed by atoms with Crippen molar-refractivity contribution in [2.45, 2.75) is 13.3 Å². The zero-order chi connectivity index (χ0) is 12.0. The monoisotopic (exact) mass is 260 g/mol. The van der Waals surface area contributed by atoms with E-state index in [0.29, 0.717) is 22.5 Å². The fourth-order valence-corrected chi connectivity index (χ4v) is 1.63. The minimum Gasteiger partial charge on any atom is -0.325 e. The molecule has 0 aromatic heterocycles. The first kappa shape index (κ1) is 13.1. The van der Waals surface area contributed by atoms with E-state index in [9.17, 15) is 0 Å². The Balaban J connectivity index is 2.77. The molecule has 0 atom stereocenters. The molecule has 88 valence electrons. The smallest absolute Gasteiger partial charge is 0.210 e. The zero-order valence-electron chi connectivity index (χ0n) is 8.93. The molecule has 4 N–H and O–H groups in total. The number of rotatable bonds is 3. The summed E-state index contributed by atoms with van der Waals surface area (Å²) in [6, 6.07) is 5.14. The standard InChI is InChI=1S/C10H14Cl2N4/c1-2-3-14-10(16-13)15-9-5-7(11)4-8(12)6-9/h4-6H,2-3,13H2,1H3,(H2,14,15,16). The number of hydrazine groups is 1. The number of aliphatic imine (C=N–C) groups is 1. The quantitative estimate of drug-likeness (QED) is 0.339. The summed E-state index contributed by atoms with van der Waals surface area (Å²) in [5.74, 6) is 5.81. The van der Waals surface area contributed by atoms with E-state index in [4.69, 9.17) is 29.0 Å². The molecule has 16 heavy (non-hydrogen) atoms. The van der Waals surface area contributed by atoms with Crippen LogP contribution in [-0.4, -0.2) is 12.5 Å². The Bertz CT molecular complexity index is 359. The third-order valence-corrected chi connectivity index (χ3v) is 2.19. The Morgan fingerprint density at radius 2 is 1.94 bits per heavy atom. The van der Waals surface area contributed by atoms with E-state index in [1.54, 1.807) is 18.2 Å². The van der Waals surface area contributed by atoms with Gasteiger partial charge in [0, 0.05) is 22.3 Å². The van der Waals surface area contributed by atoms with Gasteiger partial charge in [-0.3, -0.25) is 10.4 Å². The van der Waals surface area contributed by atoms with E-state index in [1.807, 2.05) is 6.92 Å². The maximum absolute atomic E-state index is 5.87. The van der Waals surface area contributed by atoms with Crippen molar-refractivity contribution in [2.24, 2.45) is 10.8 Å². The van der Waals surface area contributed by atoms with Crippen LogP contribution in [-0.2, 0) is 0 Å². The van der Waals surface area contributed by atoms with Crippen LogP contribution in [0.2, 0.25) is 10.0 Å². The summed E-state index contributed by atoms with van der Waals surface area (Å²) < 4.78 is 0. The highest BCUT2D eigenvalue weighted by atomic mass is 35.5. The SMILES string of the molecule is CCCN=C(NN)Nc1cc(Cl)cc(Cl)c1. The lowest BCUT2D eigenvalue weighted by Crippen LogP contribution is -2.36. The number of anilines is 1. The summed E-state index contributed by atoms with van der Waals surface area (Å²) in [5.41, 5.74) is 3.22. The summed E-state index contributed by atoms with van der Waals surface area (Å²) in [4.78, 5) is 4.20. The second-order valence-corrected chi connectivity index (χ2v) is 4.03. The Hall–Kier alpha value is -0.970. The number of halogens is 2. The van der Waals surface area contributed by atoms with Crippen molar-refractivity contribution in [1.29, 1.82) is 0 Å². The first-order chi connectivity index (χ1) is 7.65. The lowest BCUT2D eigenvalue weighted by molar-refractivity contribution is 0.905. The minimum atomic E-state index is 0.486. The van der Waals surface area contributed by atoms with Crippen LogP contribution >= 0.6 is 23.2 Å². The predicted molar refractivity (Wildman–Crippen MR) is 70.0 cm³/mol. The topological polar surface area (TPSA) is 62.4 Å². The summed E-state index contributed by atoms with van der Waals surface area (Å²) in [6.07, 6.45) is 0.948. The van der Waals surface area contributed by atoms with Gasteiger partial charge in [0.15, 0.2) is 0 Å². The largest absolute Gasteiger partial charge is 0.325 e. The molecular formula is C10H14Cl2N4. The molecule has 1 aromatic rings. The van der Waals surface area contributed by atoms with Gasteiger partial charge >= 0.3 is 0 Å². The van der Waals surface area contributed by atoms with E-state index in [-0.39, 0.29) is 0 Å². The van der Waals surface area contributed by atoms with Gasteiger partial charge in [-0.15, -0.1) is 0 Å². The van der Waals surface area contributed by atoms with Gasteiger partial charge in [0.25, 0.3) is 0 Å². The van der Waals surface area contributed by atoms with E-state index in [0.717, 1.165) is 12.1 Å². The Kier molecular flexibility index (Phi) is 5.38. The number of benzene rings is 1. The highest BCUT2D eigenvalue weighted by Gasteiger charge is 2.00. The molecule has 4 nitrogen and oxygen atoms in total. The molecule has 0 saturated carbocycles. The molecular weight excluding hydrogens is 247 g/mol. The highest BCUT2D eigenvalue weighted by molar-refractivity contribution is 6.35. The molecule has 0 unspecified atom stereocenters. The molecule has 0 fully saturated rings. The van der Waals surface area contributed by atoms with Crippen molar-refractivity contribution in [1.82, 2.24) is 5.43 Å². The van der Waals surface area contributed by atoms with Crippen LogP contribution in [0.1, 0.15) is 13.3 Å². The number of nitrogens with two attached hydrogens (primary N) is 1. The molecule has 0 aliphatic carbocycles. The molecule has 0 spiro atoms. The van der Waals surface area contributed by atoms with E-state index in [1.165, 1.54) is 0 Å². The van der Waals surface area contributed by atoms with Gasteiger partial charge in [0.2, 0.25) is 5.96 Å². The number of nitrogens with zero attached hydrogens (tertiary/aromatic N) is 1. The average molecular weight is 261 g/mol. The van der Waals surface area contributed by atoms with Crippen molar-refractivity contribution < 1.29 is 0 Å². The van der Waals surface area contributed by atoms with Crippen LogP contribution in [0.15, 0.2) is 23.2 Å². The van der Waals surface area contributed by atoms with Gasteiger partial charge < -0.3 is 5.32 Å². The van der Waals surface area contributed by atoms with Crippen molar-refractivity contribution in [3.05, 3.63) is 28.2 Å². The van der Waals surface area contributed by atoms with Gasteiger partial charge in [-0.1, -0.05) is 30.1 Å². The van der Waals surface area contributed by atoms with Crippen LogP contribution < -0.4 is 16.6 Å². The number of hydrogen-bond acceptors (Lipinski definition) is 2. The van der Waals surface area contributed by atoms with E-state index in [2.05, 4.69) is 15.7 Å². The molecule has 0 heterocycles. The van der Waals surface area contributed by atoms with Crippen LogP contribution in [0, 0.1) is 0 Å². The highest BCUT2D eigenvalue weighted by Crippen LogP contribution is 2.22. The second-order valence-electron chi connectivity index (χ2n) is 3.16. The zero-order valence-corrected chi connectivity index (χ0v) is 10.4. The molecule has 1 aromatic carbocycles. The molecule has 1 rings (SSSR count). The van der Waals surface area contributed by atoms with E-state index >= 15 is 0 Å². The van der Waals surface area contributed by atoms with Gasteiger partial charge in [-0.05, 0) is 24.6 Å². The summed E-state index contributed by atoms with van der Waals surface area (Å²) >= 11 is 11.7. The van der Waals surface area contributed by atoms with Gasteiger partial charge in [-0.25, -0.2) is 5.84 Å². The second kappa shape index (κ2) is 6.58. The summed E-state index contributed by atoms with van der Waals surface area (Å²) in [5, 5.41) is 4.10. The Morgan fingerprint density at radius 3 is 2.44 bits per heavy atom. The van der Waals surface area contributed by atoms with Gasteiger partial charge in [0.1, 0.15) is 0 Å². The molecule has 0 radical (unpaired) electrons. The minimum absolute atomic E-state index is 0.486. The van der Waals surface area contributed by atoms with Crippen LogP contribution in [0.3, 0.4) is 0 Å². The molecule has 0 bridgehead atoms. The Labute approximate surface area is 105 Å². The van der Waals surface area contributed by atoms with Crippen LogP contribution in [0.5, 0.6) is 0 Å². The maximum Gasteiger partial charge on any atom is 0.210 e. The fraction of sp³-hybridized carbons (Fsp3) is 0.300. The third-order valence-electron chi connectivity index (χ3n) is 1.76. The van der Waals surface area contributed by atoms with Crippen LogP contribution in [0.4, 0.5) is 5.69 Å². The van der Waals surface area contributed by atoms with Crippen molar-refractivity contribution in [3.8, 4) is 0 Å². The fourth-order valence-electron chi connectivity index (χ4n) is 1.11. The molecule has 0 aliphatic rings. The third kappa shape index (κ3) is 4.26. The van der Waals surface area contributed by atoms with Crippen LogP contribution in [0.25, 0.3) is 0 Å². The predicted octanol–water partition coefficient (Wildman–Crippen LogP) is 2.63. The van der Waals surface area contributed by atoms with Crippen molar-refractivity contribution >= 4 is 34.8 Å². The molecule has 6 heteroatoms. The summed E-state index contributed by atoms with van der Waals surface area (Å²) in [7, 11) is 0. The van der Waals surface area contributed by atoms with Crippen molar-refractivity contribution in [2.75, 3.05) is 11.9 Å². The van der Waals surface area contributed by atoms with Crippen molar-refractivity contribution in [3.63, 3.8) is 0 Å². The number of hydrogen-bond donors (Lipinski definition) is 3. The van der Waals surface area contributed by atoms with Gasteiger partial charge in [0.05, 0.1) is 0 Å².